The Morgan fingerprint density at radius 2 is 2.04 bits per heavy atom. The fraction of sp³-hybridized carbons (Fsp3) is 0.125. The van der Waals surface area contributed by atoms with Crippen LogP contribution < -0.4 is 10.5 Å². The molecule has 2 aromatic carbocycles. The first-order valence-corrected chi connectivity index (χ1v) is 7.38. The van der Waals surface area contributed by atoms with Gasteiger partial charge in [-0.15, -0.1) is 0 Å². The standard InChI is InChI=1S/C16H13ClN4O3/c1-24-15-5-2-9(7-14(15)21(22)23)6-13-11-8-10(17)3-4-12(11)19-16(18)20-13/h2-5,7-8H,6H2,1H3,(H2,18,19,20). The molecule has 0 saturated carbocycles. The van der Waals surface area contributed by atoms with E-state index in [0.717, 1.165) is 5.39 Å². The summed E-state index contributed by atoms with van der Waals surface area (Å²) in [4.78, 5) is 19.1. The van der Waals surface area contributed by atoms with Gasteiger partial charge in [-0.1, -0.05) is 17.7 Å². The summed E-state index contributed by atoms with van der Waals surface area (Å²) < 4.78 is 5.01. The number of nitro benzene ring substituents is 1. The number of halogens is 1. The van der Waals surface area contributed by atoms with Crippen LogP contribution in [0.5, 0.6) is 5.75 Å². The number of ether oxygens (including phenoxy) is 1. The van der Waals surface area contributed by atoms with Gasteiger partial charge in [-0.3, -0.25) is 10.1 Å². The van der Waals surface area contributed by atoms with Crippen LogP contribution in [0.15, 0.2) is 36.4 Å². The summed E-state index contributed by atoms with van der Waals surface area (Å²) in [6, 6.07) is 10.0. The molecule has 0 unspecified atom stereocenters. The zero-order chi connectivity index (χ0) is 17.3. The monoisotopic (exact) mass is 344 g/mol. The fourth-order valence-corrected chi connectivity index (χ4v) is 2.67. The molecule has 0 saturated heterocycles. The number of nitrogens with zero attached hydrogens (tertiary/aromatic N) is 3. The number of nitro groups is 1. The SMILES string of the molecule is COc1ccc(Cc2nc(N)nc3ccc(Cl)cc23)cc1[N+](=O)[O-]. The lowest BCUT2D eigenvalue weighted by molar-refractivity contribution is -0.385. The molecule has 0 bridgehead atoms. The van der Waals surface area contributed by atoms with Gasteiger partial charge in [0.15, 0.2) is 5.75 Å². The molecule has 0 aliphatic carbocycles. The van der Waals surface area contributed by atoms with Crippen molar-refractivity contribution in [2.75, 3.05) is 12.8 Å². The molecular weight excluding hydrogens is 332 g/mol. The molecule has 0 fully saturated rings. The van der Waals surface area contributed by atoms with E-state index < -0.39 is 4.92 Å². The van der Waals surface area contributed by atoms with Gasteiger partial charge in [0.2, 0.25) is 5.95 Å². The van der Waals surface area contributed by atoms with Gasteiger partial charge in [0.1, 0.15) is 0 Å². The molecule has 3 rings (SSSR count). The molecule has 24 heavy (non-hydrogen) atoms. The second kappa shape index (κ2) is 6.29. The van der Waals surface area contributed by atoms with E-state index in [-0.39, 0.29) is 17.4 Å². The number of nitrogens with two attached hydrogens (primary N) is 1. The van der Waals surface area contributed by atoms with E-state index in [0.29, 0.717) is 28.2 Å². The Morgan fingerprint density at radius 3 is 2.75 bits per heavy atom. The van der Waals surface area contributed by atoms with Crippen LogP contribution in [0.2, 0.25) is 5.02 Å². The highest BCUT2D eigenvalue weighted by Gasteiger charge is 2.16. The Bertz CT molecular complexity index is 946. The Kier molecular flexibility index (Phi) is 4.18. The van der Waals surface area contributed by atoms with Crippen LogP contribution in [0.4, 0.5) is 11.6 Å². The molecule has 0 aliphatic heterocycles. The molecule has 1 heterocycles. The van der Waals surface area contributed by atoms with E-state index in [1.54, 1.807) is 30.3 Å². The van der Waals surface area contributed by atoms with Gasteiger partial charge in [-0.25, -0.2) is 9.97 Å². The molecule has 1 aromatic heterocycles. The predicted octanol–water partition coefficient (Wildman–Crippen LogP) is 3.37. The topological polar surface area (TPSA) is 104 Å². The van der Waals surface area contributed by atoms with Crippen LogP contribution in [0.1, 0.15) is 11.3 Å². The van der Waals surface area contributed by atoms with E-state index in [1.165, 1.54) is 13.2 Å². The van der Waals surface area contributed by atoms with E-state index >= 15 is 0 Å². The van der Waals surface area contributed by atoms with E-state index in [9.17, 15) is 10.1 Å². The number of hydrogen-bond donors (Lipinski definition) is 1. The second-order valence-electron chi connectivity index (χ2n) is 5.13. The summed E-state index contributed by atoms with van der Waals surface area (Å²) in [7, 11) is 1.39. The van der Waals surface area contributed by atoms with Crippen molar-refractivity contribution >= 4 is 34.1 Å². The number of fused-ring (bicyclic) bond motifs is 1. The molecule has 3 aromatic rings. The van der Waals surface area contributed by atoms with Crippen molar-refractivity contribution in [1.29, 1.82) is 0 Å². The van der Waals surface area contributed by atoms with Crippen molar-refractivity contribution in [2.24, 2.45) is 0 Å². The number of hydrogen-bond acceptors (Lipinski definition) is 6. The summed E-state index contributed by atoms with van der Waals surface area (Å²) in [5.41, 5.74) is 7.69. The van der Waals surface area contributed by atoms with Crippen molar-refractivity contribution < 1.29 is 9.66 Å². The van der Waals surface area contributed by atoms with Gasteiger partial charge < -0.3 is 10.5 Å². The highest BCUT2D eigenvalue weighted by molar-refractivity contribution is 6.31. The summed E-state index contributed by atoms with van der Waals surface area (Å²) in [5.74, 6) is 0.349. The van der Waals surface area contributed by atoms with Gasteiger partial charge in [-0.05, 0) is 29.8 Å². The first kappa shape index (κ1) is 15.9. The maximum Gasteiger partial charge on any atom is 0.311 e. The maximum absolute atomic E-state index is 11.2. The van der Waals surface area contributed by atoms with Crippen LogP contribution in [0.3, 0.4) is 0 Å². The lowest BCUT2D eigenvalue weighted by Crippen LogP contribution is -2.02. The average Bonchev–Trinajstić information content (AvgIpc) is 2.55. The lowest BCUT2D eigenvalue weighted by atomic mass is 10.0. The summed E-state index contributed by atoms with van der Waals surface area (Å²) in [5, 5.41) is 12.5. The van der Waals surface area contributed by atoms with E-state index in [2.05, 4.69) is 9.97 Å². The molecule has 2 N–H and O–H groups in total. The predicted molar refractivity (Wildman–Crippen MR) is 91.4 cm³/mol. The minimum Gasteiger partial charge on any atom is -0.490 e. The molecule has 0 radical (unpaired) electrons. The molecule has 8 heteroatoms. The molecular formula is C16H13ClN4O3. The summed E-state index contributed by atoms with van der Waals surface area (Å²) in [6.07, 6.45) is 0.356. The van der Waals surface area contributed by atoms with Crippen molar-refractivity contribution in [2.45, 2.75) is 6.42 Å². The van der Waals surface area contributed by atoms with E-state index in [1.807, 2.05) is 0 Å². The molecule has 0 amide bonds. The molecule has 122 valence electrons. The Morgan fingerprint density at radius 1 is 1.25 bits per heavy atom. The Balaban J connectivity index is 2.08. The number of benzene rings is 2. The highest BCUT2D eigenvalue weighted by atomic mass is 35.5. The third kappa shape index (κ3) is 3.07. The van der Waals surface area contributed by atoms with Crippen molar-refractivity contribution in [3.63, 3.8) is 0 Å². The quantitative estimate of drug-likeness (QED) is 0.574. The fourth-order valence-electron chi connectivity index (χ4n) is 2.50. The van der Waals surface area contributed by atoms with Gasteiger partial charge in [0, 0.05) is 22.9 Å². The number of nitrogen functional groups attached to an aromatic ring is 1. The average molecular weight is 345 g/mol. The molecule has 7 nitrogen and oxygen atoms in total. The molecule has 0 atom stereocenters. The van der Waals surface area contributed by atoms with Gasteiger partial charge in [-0.2, -0.15) is 0 Å². The smallest absolute Gasteiger partial charge is 0.311 e. The maximum atomic E-state index is 11.2. The number of rotatable bonds is 4. The number of aromatic nitrogens is 2. The Hall–Kier alpha value is -2.93. The zero-order valence-corrected chi connectivity index (χ0v) is 13.4. The second-order valence-corrected chi connectivity index (χ2v) is 5.57. The van der Waals surface area contributed by atoms with Crippen LogP contribution in [-0.4, -0.2) is 22.0 Å². The van der Waals surface area contributed by atoms with Gasteiger partial charge in [0.25, 0.3) is 0 Å². The van der Waals surface area contributed by atoms with Crippen LogP contribution in [0, 0.1) is 10.1 Å². The first-order chi connectivity index (χ1) is 11.5. The van der Waals surface area contributed by atoms with Crippen molar-refractivity contribution in [1.82, 2.24) is 9.97 Å². The number of methoxy groups -OCH3 is 1. The molecule has 0 aliphatic rings. The van der Waals surface area contributed by atoms with Crippen LogP contribution in [0.25, 0.3) is 10.9 Å². The van der Waals surface area contributed by atoms with Gasteiger partial charge in [0.05, 0.1) is 23.2 Å². The zero-order valence-electron chi connectivity index (χ0n) is 12.7. The van der Waals surface area contributed by atoms with Crippen molar-refractivity contribution in [3.05, 3.63) is 62.8 Å². The molecule has 0 spiro atoms. The van der Waals surface area contributed by atoms with Gasteiger partial charge >= 0.3 is 5.69 Å². The number of anilines is 1. The minimum atomic E-state index is -0.481. The Labute approximate surface area is 142 Å². The van der Waals surface area contributed by atoms with Crippen LogP contribution in [-0.2, 0) is 6.42 Å². The highest BCUT2D eigenvalue weighted by Crippen LogP contribution is 2.29. The third-order valence-corrected chi connectivity index (χ3v) is 3.80. The van der Waals surface area contributed by atoms with Crippen LogP contribution >= 0.6 is 11.6 Å². The minimum absolute atomic E-state index is 0.0978. The largest absolute Gasteiger partial charge is 0.490 e. The third-order valence-electron chi connectivity index (χ3n) is 3.57. The summed E-state index contributed by atoms with van der Waals surface area (Å²) >= 11 is 6.05. The first-order valence-electron chi connectivity index (χ1n) is 7.01. The van der Waals surface area contributed by atoms with E-state index in [4.69, 9.17) is 22.1 Å². The van der Waals surface area contributed by atoms with Crippen molar-refractivity contribution in [3.8, 4) is 5.75 Å². The normalized spacial score (nSPS) is 10.8. The summed E-state index contributed by atoms with van der Waals surface area (Å²) in [6.45, 7) is 0. The lowest BCUT2D eigenvalue weighted by Gasteiger charge is -2.08.